The standard InChI is InChI=1S/C23H32N2O5/c1-13(20(27)24-23-9-14-6-15(10-23)8-16(7-14)11-23)30-19(26)12-25-21(28)17-4-2-3-5-18(17)22(25)29/h13-18H,2-12H2,1H3,(H,24,27)/t13-,14?,15?,16?,17+,18+,23?/m1/s1. The third-order valence-corrected chi connectivity index (χ3v) is 8.32. The molecule has 5 aliphatic carbocycles. The highest BCUT2D eigenvalue weighted by Crippen LogP contribution is 2.55. The first-order chi connectivity index (χ1) is 14.3. The third-order valence-electron chi connectivity index (χ3n) is 8.32. The van der Waals surface area contributed by atoms with E-state index < -0.39 is 12.1 Å². The van der Waals surface area contributed by atoms with E-state index in [0.717, 1.165) is 37.0 Å². The van der Waals surface area contributed by atoms with Crippen LogP contribution in [0.4, 0.5) is 0 Å². The van der Waals surface area contributed by atoms with E-state index in [9.17, 15) is 19.2 Å². The molecule has 30 heavy (non-hydrogen) atoms. The van der Waals surface area contributed by atoms with Gasteiger partial charge in [0.1, 0.15) is 6.54 Å². The van der Waals surface area contributed by atoms with Crippen LogP contribution in [0.15, 0.2) is 0 Å². The number of hydrogen-bond donors (Lipinski definition) is 1. The number of carbonyl (C=O) groups is 4. The van der Waals surface area contributed by atoms with Crippen LogP contribution in [0.5, 0.6) is 0 Å². The zero-order valence-electron chi connectivity index (χ0n) is 17.7. The molecule has 1 saturated heterocycles. The maximum absolute atomic E-state index is 12.8. The molecule has 6 fully saturated rings. The molecule has 0 spiro atoms. The maximum Gasteiger partial charge on any atom is 0.326 e. The second kappa shape index (κ2) is 7.34. The quantitative estimate of drug-likeness (QED) is 0.548. The van der Waals surface area contributed by atoms with Crippen molar-refractivity contribution in [3.05, 3.63) is 0 Å². The number of rotatable bonds is 5. The minimum Gasteiger partial charge on any atom is -0.451 e. The van der Waals surface area contributed by atoms with Gasteiger partial charge in [0.15, 0.2) is 6.10 Å². The lowest BCUT2D eigenvalue weighted by atomic mass is 9.53. The van der Waals surface area contributed by atoms with E-state index in [-0.39, 0.29) is 41.6 Å². The van der Waals surface area contributed by atoms with E-state index in [4.69, 9.17) is 4.74 Å². The minimum atomic E-state index is -0.930. The van der Waals surface area contributed by atoms with Crippen molar-refractivity contribution >= 4 is 23.7 Å². The second-order valence-corrected chi connectivity index (χ2v) is 10.6. The molecule has 3 amide bonds. The van der Waals surface area contributed by atoms with Crippen molar-refractivity contribution < 1.29 is 23.9 Å². The van der Waals surface area contributed by atoms with Crippen molar-refractivity contribution in [1.82, 2.24) is 10.2 Å². The van der Waals surface area contributed by atoms with Crippen molar-refractivity contribution in [3.8, 4) is 0 Å². The number of amides is 3. The van der Waals surface area contributed by atoms with Crippen LogP contribution < -0.4 is 5.32 Å². The van der Waals surface area contributed by atoms with Crippen LogP contribution >= 0.6 is 0 Å². The van der Waals surface area contributed by atoms with E-state index >= 15 is 0 Å². The number of fused-ring (bicyclic) bond motifs is 1. The number of nitrogens with zero attached hydrogens (tertiary/aromatic N) is 1. The highest BCUT2D eigenvalue weighted by Gasteiger charge is 2.52. The highest BCUT2D eigenvalue weighted by atomic mass is 16.5. The Morgan fingerprint density at radius 1 is 1.00 bits per heavy atom. The molecular weight excluding hydrogens is 384 g/mol. The summed E-state index contributed by atoms with van der Waals surface area (Å²) in [6.07, 6.45) is 9.36. The van der Waals surface area contributed by atoms with Crippen LogP contribution in [0.1, 0.15) is 71.1 Å². The summed E-state index contributed by atoms with van der Waals surface area (Å²) in [6.45, 7) is 1.18. The topological polar surface area (TPSA) is 92.8 Å². The van der Waals surface area contributed by atoms with Crippen LogP contribution in [0.3, 0.4) is 0 Å². The molecule has 0 aromatic carbocycles. The van der Waals surface area contributed by atoms with Crippen LogP contribution in [0, 0.1) is 29.6 Å². The van der Waals surface area contributed by atoms with Crippen molar-refractivity contribution in [1.29, 1.82) is 0 Å². The summed E-state index contributed by atoms with van der Waals surface area (Å²) in [7, 11) is 0. The van der Waals surface area contributed by atoms with Crippen molar-refractivity contribution in [3.63, 3.8) is 0 Å². The zero-order chi connectivity index (χ0) is 21.0. The van der Waals surface area contributed by atoms with E-state index in [1.54, 1.807) is 6.92 Å². The van der Waals surface area contributed by atoms with Gasteiger partial charge in [-0.15, -0.1) is 0 Å². The zero-order valence-corrected chi connectivity index (χ0v) is 17.7. The number of carbonyl (C=O) groups excluding carboxylic acids is 4. The first-order valence-electron chi connectivity index (χ1n) is 11.7. The lowest BCUT2D eigenvalue weighted by molar-refractivity contribution is -0.160. The molecular formula is C23H32N2O5. The number of esters is 1. The van der Waals surface area contributed by atoms with Crippen LogP contribution in [-0.4, -0.2) is 46.8 Å². The highest BCUT2D eigenvalue weighted by molar-refractivity contribution is 6.07. The Morgan fingerprint density at radius 2 is 1.50 bits per heavy atom. The molecule has 3 atom stereocenters. The lowest BCUT2D eigenvalue weighted by Gasteiger charge is -2.57. The van der Waals surface area contributed by atoms with E-state index in [0.29, 0.717) is 30.6 Å². The molecule has 1 N–H and O–H groups in total. The number of ether oxygens (including phenoxy) is 1. The number of nitrogens with one attached hydrogen (secondary N) is 1. The predicted octanol–water partition coefficient (Wildman–Crippen LogP) is 2.18. The van der Waals surface area contributed by atoms with Gasteiger partial charge in [-0.25, -0.2) is 0 Å². The fraction of sp³-hybridized carbons (Fsp3) is 0.826. The van der Waals surface area contributed by atoms with Gasteiger partial charge in [-0.05, 0) is 76.0 Å². The predicted molar refractivity (Wildman–Crippen MR) is 107 cm³/mol. The van der Waals surface area contributed by atoms with Crippen LogP contribution in [-0.2, 0) is 23.9 Å². The first kappa shape index (κ1) is 20.0. The molecule has 6 rings (SSSR count). The fourth-order valence-corrected chi connectivity index (χ4v) is 7.43. The number of hydrogen-bond acceptors (Lipinski definition) is 5. The van der Waals surface area contributed by atoms with Gasteiger partial charge >= 0.3 is 5.97 Å². The van der Waals surface area contributed by atoms with Crippen LogP contribution in [0.2, 0.25) is 0 Å². The summed E-state index contributed by atoms with van der Waals surface area (Å²) in [5.41, 5.74) is -0.136. The molecule has 0 aromatic heterocycles. The number of imide groups is 1. The summed E-state index contributed by atoms with van der Waals surface area (Å²) in [5.74, 6) is 0.105. The summed E-state index contributed by atoms with van der Waals surface area (Å²) in [5, 5.41) is 3.22. The molecule has 1 aliphatic heterocycles. The molecule has 4 bridgehead atoms. The van der Waals surface area contributed by atoms with E-state index in [1.807, 2.05) is 0 Å². The van der Waals surface area contributed by atoms with E-state index in [1.165, 1.54) is 19.3 Å². The van der Waals surface area contributed by atoms with Gasteiger partial charge in [0.25, 0.3) is 5.91 Å². The number of likely N-dealkylation sites (tertiary alicyclic amines) is 1. The average molecular weight is 417 g/mol. The molecule has 7 heteroatoms. The minimum absolute atomic E-state index is 0.136. The lowest BCUT2D eigenvalue weighted by Crippen LogP contribution is -2.61. The average Bonchev–Trinajstić information content (AvgIpc) is 2.91. The van der Waals surface area contributed by atoms with Crippen molar-refractivity contribution in [2.45, 2.75) is 82.8 Å². The third kappa shape index (κ3) is 3.44. The van der Waals surface area contributed by atoms with Gasteiger partial charge in [0.2, 0.25) is 11.8 Å². The maximum atomic E-state index is 12.8. The van der Waals surface area contributed by atoms with Gasteiger partial charge in [0, 0.05) is 5.54 Å². The Labute approximate surface area is 177 Å². The molecule has 0 radical (unpaired) electrons. The smallest absolute Gasteiger partial charge is 0.326 e. The summed E-state index contributed by atoms with van der Waals surface area (Å²) < 4.78 is 5.34. The molecule has 164 valence electrons. The molecule has 1 heterocycles. The summed E-state index contributed by atoms with van der Waals surface area (Å²) in [6, 6.07) is 0. The Morgan fingerprint density at radius 3 is 2.00 bits per heavy atom. The Bertz CT molecular complexity index is 718. The van der Waals surface area contributed by atoms with Gasteiger partial charge in [-0.3, -0.25) is 24.1 Å². The molecule has 6 aliphatic rings. The molecule has 7 nitrogen and oxygen atoms in total. The van der Waals surface area contributed by atoms with Crippen LogP contribution in [0.25, 0.3) is 0 Å². The first-order valence-corrected chi connectivity index (χ1v) is 11.7. The van der Waals surface area contributed by atoms with Crippen molar-refractivity contribution in [2.75, 3.05) is 6.54 Å². The second-order valence-electron chi connectivity index (χ2n) is 10.6. The fourth-order valence-electron chi connectivity index (χ4n) is 7.43. The summed E-state index contributed by atoms with van der Waals surface area (Å²) >= 11 is 0. The molecule has 5 saturated carbocycles. The van der Waals surface area contributed by atoms with Gasteiger partial charge < -0.3 is 10.1 Å². The molecule has 0 aromatic rings. The molecule has 0 unspecified atom stereocenters. The normalized spacial score (nSPS) is 40.3. The Hall–Kier alpha value is -1.92. The van der Waals surface area contributed by atoms with Gasteiger partial charge in [0.05, 0.1) is 11.8 Å². The van der Waals surface area contributed by atoms with Crippen molar-refractivity contribution in [2.24, 2.45) is 29.6 Å². The largest absolute Gasteiger partial charge is 0.451 e. The Kier molecular flexibility index (Phi) is 4.90. The monoisotopic (exact) mass is 416 g/mol. The van der Waals surface area contributed by atoms with E-state index in [2.05, 4.69) is 5.32 Å². The SMILES string of the molecule is C[C@@H](OC(=O)CN1C(=O)[C@H]2CCCC[C@@H]2C1=O)C(=O)NC12CC3CC(CC(C3)C1)C2. The summed E-state index contributed by atoms with van der Waals surface area (Å²) in [4.78, 5) is 51.4. The Balaban J connectivity index is 1.16. The van der Waals surface area contributed by atoms with Gasteiger partial charge in [-0.1, -0.05) is 12.8 Å². The van der Waals surface area contributed by atoms with Gasteiger partial charge in [-0.2, -0.15) is 0 Å².